The minimum atomic E-state index is -0.654. The van der Waals surface area contributed by atoms with Crippen molar-refractivity contribution in [3.8, 4) is 5.88 Å². The predicted octanol–water partition coefficient (Wildman–Crippen LogP) is 0.718. The number of nitro groups is 1. The maximum absolute atomic E-state index is 10.7. The second kappa shape index (κ2) is 4.85. The Morgan fingerprint density at radius 3 is 2.80 bits per heavy atom. The van der Waals surface area contributed by atoms with Crippen LogP contribution in [0, 0.1) is 17.0 Å². The van der Waals surface area contributed by atoms with Gasteiger partial charge in [-0.3, -0.25) is 10.1 Å². The van der Waals surface area contributed by atoms with E-state index in [1.165, 1.54) is 6.92 Å². The van der Waals surface area contributed by atoms with Gasteiger partial charge in [0.1, 0.15) is 12.3 Å². The van der Waals surface area contributed by atoms with Gasteiger partial charge in [-0.05, 0) is 18.5 Å². The molecule has 1 N–H and O–H groups in total. The van der Waals surface area contributed by atoms with E-state index in [9.17, 15) is 10.1 Å². The molecular weight excluding hydrogens is 226 g/mol. The van der Waals surface area contributed by atoms with Crippen molar-refractivity contribution >= 4 is 17.3 Å². The van der Waals surface area contributed by atoms with E-state index in [-0.39, 0.29) is 35.8 Å². The Kier molecular flexibility index (Phi) is 3.75. The predicted molar refractivity (Wildman–Crippen MR) is 51.0 cm³/mol. The average molecular weight is 234 g/mol. The molecule has 0 amide bonds. The number of ether oxygens (including phenoxy) is 1. The third kappa shape index (κ3) is 2.74. The summed E-state index contributed by atoms with van der Waals surface area (Å²) < 4.78 is 4.88. The van der Waals surface area contributed by atoms with Gasteiger partial charge in [-0.25, -0.2) is 4.98 Å². The van der Waals surface area contributed by atoms with Crippen molar-refractivity contribution < 1.29 is 14.8 Å². The molecule has 1 rings (SSSR count). The number of aromatic nitrogens is 2. The SMILES string of the molecule is Cc1nc(Cl)nc(OCCO)c1[N+](=O)[O-]. The molecule has 1 aromatic heterocycles. The molecule has 0 radical (unpaired) electrons. The van der Waals surface area contributed by atoms with Crippen LogP contribution in [0.2, 0.25) is 5.28 Å². The lowest BCUT2D eigenvalue weighted by molar-refractivity contribution is -0.387. The molecule has 0 atom stereocenters. The summed E-state index contributed by atoms with van der Waals surface area (Å²) in [5.74, 6) is -0.230. The van der Waals surface area contributed by atoms with E-state index >= 15 is 0 Å². The molecule has 0 saturated carbocycles. The first-order chi connectivity index (χ1) is 7.06. The van der Waals surface area contributed by atoms with Crippen molar-refractivity contribution in [3.05, 3.63) is 21.1 Å². The fourth-order valence-electron chi connectivity index (χ4n) is 0.961. The van der Waals surface area contributed by atoms with Crippen LogP contribution in [0.25, 0.3) is 0 Å². The highest BCUT2D eigenvalue weighted by Crippen LogP contribution is 2.28. The molecule has 0 aliphatic carbocycles. The number of hydrogen-bond donors (Lipinski definition) is 1. The molecule has 8 heteroatoms. The molecule has 0 unspecified atom stereocenters. The minimum absolute atomic E-state index is 0.0897. The van der Waals surface area contributed by atoms with Gasteiger partial charge < -0.3 is 9.84 Å². The molecule has 82 valence electrons. The summed E-state index contributed by atoms with van der Waals surface area (Å²) >= 11 is 5.52. The fourth-order valence-corrected chi connectivity index (χ4v) is 1.16. The lowest BCUT2D eigenvalue weighted by Crippen LogP contribution is -2.07. The standard InChI is InChI=1S/C7H8ClN3O4/c1-4-5(11(13)14)6(15-3-2-12)10-7(8)9-4/h12H,2-3H2,1H3. The number of rotatable bonds is 4. The first-order valence-electron chi connectivity index (χ1n) is 3.98. The van der Waals surface area contributed by atoms with Gasteiger partial charge in [0.2, 0.25) is 5.28 Å². The molecule has 0 fully saturated rings. The maximum Gasteiger partial charge on any atom is 0.352 e. The zero-order valence-corrected chi connectivity index (χ0v) is 8.56. The van der Waals surface area contributed by atoms with Crippen LogP contribution < -0.4 is 4.74 Å². The van der Waals surface area contributed by atoms with E-state index in [0.717, 1.165) is 0 Å². The van der Waals surface area contributed by atoms with Crippen molar-refractivity contribution in [2.75, 3.05) is 13.2 Å². The zero-order chi connectivity index (χ0) is 11.4. The summed E-state index contributed by atoms with van der Waals surface area (Å²) in [4.78, 5) is 17.2. The van der Waals surface area contributed by atoms with Gasteiger partial charge in [0.25, 0.3) is 5.88 Å². The Morgan fingerprint density at radius 2 is 2.27 bits per heavy atom. The molecule has 7 nitrogen and oxygen atoms in total. The van der Waals surface area contributed by atoms with Crippen LogP contribution in [0.4, 0.5) is 5.69 Å². The first-order valence-corrected chi connectivity index (χ1v) is 4.36. The summed E-state index contributed by atoms with van der Waals surface area (Å²) in [6.07, 6.45) is 0. The van der Waals surface area contributed by atoms with Crippen molar-refractivity contribution in [1.29, 1.82) is 0 Å². The Balaban J connectivity index is 3.14. The Bertz CT molecular complexity index is 385. The molecule has 0 saturated heterocycles. The van der Waals surface area contributed by atoms with Crippen LogP contribution >= 0.6 is 11.6 Å². The van der Waals surface area contributed by atoms with Crippen LogP contribution in [0.3, 0.4) is 0 Å². The van der Waals surface area contributed by atoms with Crippen LogP contribution in [0.5, 0.6) is 5.88 Å². The first kappa shape index (κ1) is 11.6. The van der Waals surface area contributed by atoms with Crippen LogP contribution in [-0.4, -0.2) is 33.2 Å². The quantitative estimate of drug-likeness (QED) is 0.467. The van der Waals surface area contributed by atoms with Gasteiger partial charge in [0.15, 0.2) is 0 Å². The highest BCUT2D eigenvalue weighted by molar-refractivity contribution is 6.28. The number of aryl methyl sites for hydroxylation is 1. The lowest BCUT2D eigenvalue weighted by atomic mass is 10.4. The van der Waals surface area contributed by atoms with Gasteiger partial charge in [-0.2, -0.15) is 4.98 Å². The van der Waals surface area contributed by atoms with E-state index in [1.807, 2.05) is 0 Å². The van der Waals surface area contributed by atoms with Crippen LogP contribution in [-0.2, 0) is 0 Å². The van der Waals surface area contributed by atoms with E-state index in [4.69, 9.17) is 21.4 Å². The second-order valence-electron chi connectivity index (χ2n) is 2.56. The van der Waals surface area contributed by atoms with E-state index in [2.05, 4.69) is 9.97 Å². The summed E-state index contributed by atoms with van der Waals surface area (Å²) in [5.41, 5.74) is -0.221. The van der Waals surface area contributed by atoms with Crippen LogP contribution in [0.1, 0.15) is 5.69 Å². The highest BCUT2D eigenvalue weighted by atomic mass is 35.5. The third-order valence-corrected chi connectivity index (χ3v) is 1.68. The Labute approximate surface area is 89.8 Å². The summed E-state index contributed by atoms with van der Waals surface area (Å²) in [5, 5.41) is 19.0. The third-order valence-electron chi connectivity index (χ3n) is 1.51. The number of hydrogen-bond acceptors (Lipinski definition) is 6. The molecule has 1 aromatic rings. The molecular formula is C7H8ClN3O4. The van der Waals surface area contributed by atoms with Crippen molar-refractivity contribution in [1.82, 2.24) is 9.97 Å². The Hall–Kier alpha value is -1.47. The lowest BCUT2D eigenvalue weighted by Gasteiger charge is -2.05. The van der Waals surface area contributed by atoms with Gasteiger partial charge in [0.05, 0.1) is 11.5 Å². The summed E-state index contributed by atoms with van der Waals surface area (Å²) in [6.45, 7) is 1.07. The zero-order valence-electron chi connectivity index (χ0n) is 7.81. The second-order valence-corrected chi connectivity index (χ2v) is 2.90. The molecule has 1 heterocycles. The highest BCUT2D eigenvalue weighted by Gasteiger charge is 2.22. The van der Waals surface area contributed by atoms with Gasteiger partial charge in [0, 0.05) is 0 Å². The number of aliphatic hydroxyl groups is 1. The monoisotopic (exact) mass is 233 g/mol. The number of aliphatic hydroxyl groups excluding tert-OH is 1. The average Bonchev–Trinajstić information content (AvgIpc) is 2.12. The molecule has 0 aliphatic heterocycles. The van der Waals surface area contributed by atoms with E-state index in [0.29, 0.717) is 0 Å². The Morgan fingerprint density at radius 1 is 1.60 bits per heavy atom. The summed E-state index contributed by atoms with van der Waals surface area (Å²) in [6, 6.07) is 0. The number of nitrogens with zero attached hydrogens (tertiary/aromatic N) is 3. The van der Waals surface area contributed by atoms with Crippen molar-refractivity contribution in [3.63, 3.8) is 0 Å². The van der Waals surface area contributed by atoms with Crippen molar-refractivity contribution in [2.24, 2.45) is 0 Å². The molecule has 0 aliphatic rings. The molecule has 0 aromatic carbocycles. The summed E-state index contributed by atoms with van der Waals surface area (Å²) in [7, 11) is 0. The van der Waals surface area contributed by atoms with Crippen LogP contribution in [0.15, 0.2) is 0 Å². The number of halogens is 1. The van der Waals surface area contributed by atoms with E-state index in [1.54, 1.807) is 0 Å². The normalized spacial score (nSPS) is 10.1. The molecule has 0 spiro atoms. The maximum atomic E-state index is 10.7. The fraction of sp³-hybridized carbons (Fsp3) is 0.429. The topological polar surface area (TPSA) is 98.4 Å². The molecule has 0 bridgehead atoms. The van der Waals surface area contributed by atoms with Gasteiger partial charge in [-0.15, -0.1) is 0 Å². The smallest absolute Gasteiger partial charge is 0.352 e. The van der Waals surface area contributed by atoms with Gasteiger partial charge in [-0.1, -0.05) is 0 Å². The van der Waals surface area contributed by atoms with E-state index < -0.39 is 4.92 Å². The minimum Gasteiger partial charge on any atom is -0.470 e. The largest absolute Gasteiger partial charge is 0.470 e. The molecule has 15 heavy (non-hydrogen) atoms. The van der Waals surface area contributed by atoms with Gasteiger partial charge >= 0.3 is 5.69 Å². The van der Waals surface area contributed by atoms with Crippen molar-refractivity contribution in [2.45, 2.75) is 6.92 Å².